The summed E-state index contributed by atoms with van der Waals surface area (Å²) in [5.41, 5.74) is 0.896. The molecule has 9 heteroatoms. The van der Waals surface area contributed by atoms with Gasteiger partial charge in [0.15, 0.2) is 5.96 Å². The van der Waals surface area contributed by atoms with Crippen molar-refractivity contribution in [3.63, 3.8) is 0 Å². The summed E-state index contributed by atoms with van der Waals surface area (Å²) in [7, 11) is 0. The summed E-state index contributed by atoms with van der Waals surface area (Å²) in [4.78, 5) is 4.82. The first-order valence-corrected chi connectivity index (χ1v) is 11.2. The molecular formula is C23H33IN6O2. The normalized spacial score (nSPS) is 17.7. The van der Waals surface area contributed by atoms with E-state index in [1.807, 2.05) is 18.2 Å². The lowest BCUT2D eigenvalue weighted by Crippen LogP contribution is -2.41. The number of aromatic nitrogens is 3. The van der Waals surface area contributed by atoms with Crippen molar-refractivity contribution in [2.24, 2.45) is 4.99 Å². The molecule has 4 rings (SSSR count). The number of hydrogen-bond donors (Lipinski definition) is 2. The second-order valence-electron chi connectivity index (χ2n) is 7.95. The van der Waals surface area contributed by atoms with E-state index in [2.05, 4.69) is 51.4 Å². The van der Waals surface area contributed by atoms with Crippen LogP contribution in [0.4, 0.5) is 0 Å². The Hall–Kier alpha value is -2.14. The molecule has 2 aromatic heterocycles. The average molecular weight is 552 g/mol. The van der Waals surface area contributed by atoms with Gasteiger partial charge in [0.2, 0.25) is 0 Å². The fraction of sp³-hybridized carbons (Fsp3) is 0.522. The van der Waals surface area contributed by atoms with Crippen LogP contribution in [0.25, 0.3) is 11.0 Å². The topological polar surface area (TPSA) is 89.5 Å². The number of nitrogens with one attached hydrogen (secondary N) is 2. The SMILES string of the molecule is CCc1nncn1CCNC(=NCC1CCCCO1)NC(C)c1cc2ccccc2o1.I. The number of halogens is 1. The van der Waals surface area contributed by atoms with Crippen molar-refractivity contribution in [1.29, 1.82) is 0 Å². The predicted molar refractivity (Wildman–Crippen MR) is 136 cm³/mol. The van der Waals surface area contributed by atoms with Gasteiger partial charge in [0.05, 0.1) is 18.7 Å². The van der Waals surface area contributed by atoms with Gasteiger partial charge in [-0.15, -0.1) is 34.2 Å². The van der Waals surface area contributed by atoms with E-state index in [0.717, 1.165) is 67.5 Å². The molecule has 0 saturated carbocycles. The number of para-hydroxylation sites is 1. The van der Waals surface area contributed by atoms with Gasteiger partial charge >= 0.3 is 0 Å². The van der Waals surface area contributed by atoms with Crippen molar-refractivity contribution in [1.82, 2.24) is 25.4 Å². The lowest BCUT2D eigenvalue weighted by Gasteiger charge is -2.22. The zero-order valence-electron chi connectivity index (χ0n) is 18.8. The highest BCUT2D eigenvalue weighted by Crippen LogP contribution is 2.23. The van der Waals surface area contributed by atoms with E-state index in [1.54, 1.807) is 6.33 Å². The quantitative estimate of drug-likeness (QED) is 0.249. The van der Waals surface area contributed by atoms with Crippen molar-refractivity contribution in [2.45, 2.75) is 58.2 Å². The number of rotatable bonds is 8. The number of hydrogen-bond acceptors (Lipinski definition) is 5. The third-order valence-electron chi connectivity index (χ3n) is 5.61. The molecular weight excluding hydrogens is 519 g/mol. The zero-order chi connectivity index (χ0) is 21.5. The minimum Gasteiger partial charge on any atom is -0.459 e. The predicted octanol–water partition coefficient (Wildman–Crippen LogP) is 4.07. The number of aryl methyl sites for hydroxylation is 1. The largest absolute Gasteiger partial charge is 0.459 e. The molecule has 2 atom stereocenters. The van der Waals surface area contributed by atoms with Crippen LogP contribution in [0.1, 0.15) is 50.7 Å². The summed E-state index contributed by atoms with van der Waals surface area (Å²) in [6.07, 6.45) is 6.25. The van der Waals surface area contributed by atoms with Crippen LogP contribution in [0.15, 0.2) is 46.1 Å². The van der Waals surface area contributed by atoms with Gasteiger partial charge in [-0.1, -0.05) is 25.1 Å². The van der Waals surface area contributed by atoms with E-state index in [4.69, 9.17) is 14.1 Å². The van der Waals surface area contributed by atoms with Gasteiger partial charge in [0.1, 0.15) is 23.5 Å². The molecule has 0 spiro atoms. The van der Waals surface area contributed by atoms with Crippen LogP contribution in [0.5, 0.6) is 0 Å². The van der Waals surface area contributed by atoms with E-state index in [0.29, 0.717) is 6.54 Å². The Bertz CT molecular complexity index is 962. The van der Waals surface area contributed by atoms with Gasteiger partial charge in [-0.3, -0.25) is 4.99 Å². The molecule has 1 aliphatic heterocycles. The number of guanidine groups is 1. The van der Waals surface area contributed by atoms with Crippen molar-refractivity contribution < 1.29 is 9.15 Å². The van der Waals surface area contributed by atoms with E-state index >= 15 is 0 Å². The number of ether oxygens (including phenoxy) is 1. The maximum absolute atomic E-state index is 6.03. The van der Waals surface area contributed by atoms with Crippen LogP contribution in [-0.2, 0) is 17.7 Å². The fourth-order valence-corrected chi connectivity index (χ4v) is 3.82. The van der Waals surface area contributed by atoms with E-state index in [9.17, 15) is 0 Å². The first-order valence-electron chi connectivity index (χ1n) is 11.2. The molecule has 8 nitrogen and oxygen atoms in total. The first kappa shape index (κ1) is 24.5. The molecule has 3 heterocycles. The lowest BCUT2D eigenvalue weighted by molar-refractivity contribution is 0.0224. The van der Waals surface area contributed by atoms with Crippen LogP contribution < -0.4 is 10.6 Å². The second-order valence-corrected chi connectivity index (χ2v) is 7.95. The molecule has 0 bridgehead atoms. The molecule has 1 aliphatic rings. The number of fused-ring (bicyclic) bond motifs is 1. The van der Waals surface area contributed by atoms with Gasteiger partial charge < -0.3 is 24.4 Å². The average Bonchev–Trinajstić information content (AvgIpc) is 3.44. The molecule has 1 aromatic carbocycles. The molecule has 32 heavy (non-hydrogen) atoms. The molecule has 174 valence electrons. The Balaban J connectivity index is 0.00000289. The molecule has 3 aromatic rings. The van der Waals surface area contributed by atoms with E-state index in [1.165, 1.54) is 6.42 Å². The minimum atomic E-state index is -0.0213. The van der Waals surface area contributed by atoms with Crippen molar-refractivity contribution in [3.8, 4) is 0 Å². The first-order chi connectivity index (χ1) is 15.2. The molecule has 0 aliphatic carbocycles. The number of nitrogens with zero attached hydrogens (tertiary/aromatic N) is 4. The third-order valence-corrected chi connectivity index (χ3v) is 5.61. The molecule has 0 radical (unpaired) electrons. The van der Waals surface area contributed by atoms with Crippen molar-refractivity contribution in [2.75, 3.05) is 19.7 Å². The molecule has 2 N–H and O–H groups in total. The van der Waals surface area contributed by atoms with Gasteiger partial charge in [-0.25, -0.2) is 0 Å². The number of furan rings is 1. The Morgan fingerprint density at radius 1 is 1.31 bits per heavy atom. The minimum absolute atomic E-state index is 0. The van der Waals surface area contributed by atoms with E-state index in [-0.39, 0.29) is 36.1 Å². The standard InChI is InChI=1S/C23H32N6O2.HI/c1-3-22-28-26-16-29(22)12-11-24-23(25-15-19-9-6-7-13-30-19)27-17(2)21-14-18-8-4-5-10-20(18)31-21;/h4-5,8,10,14,16-17,19H,3,6-7,9,11-13,15H2,1-2H3,(H2,24,25,27);1H. The molecule has 0 amide bonds. The van der Waals surface area contributed by atoms with Crippen LogP contribution in [-0.4, -0.2) is 46.5 Å². The lowest BCUT2D eigenvalue weighted by atomic mass is 10.1. The smallest absolute Gasteiger partial charge is 0.192 e. The number of benzene rings is 1. The Kier molecular flexibility index (Phi) is 9.34. The Labute approximate surface area is 206 Å². The summed E-state index contributed by atoms with van der Waals surface area (Å²) in [5.74, 6) is 2.63. The molecule has 1 fully saturated rings. The summed E-state index contributed by atoms with van der Waals surface area (Å²) < 4.78 is 13.9. The summed E-state index contributed by atoms with van der Waals surface area (Å²) >= 11 is 0. The van der Waals surface area contributed by atoms with E-state index < -0.39 is 0 Å². The van der Waals surface area contributed by atoms with Gasteiger partial charge in [0.25, 0.3) is 0 Å². The van der Waals surface area contributed by atoms with Crippen LogP contribution in [0.2, 0.25) is 0 Å². The van der Waals surface area contributed by atoms with Crippen LogP contribution in [0.3, 0.4) is 0 Å². The maximum Gasteiger partial charge on any atom is 0.192 e. The maximum atomic E-state index is 6.03. The highest BCUT2D eigenvalue weighted by atomic mass is 127. The van der Waals surface area contributed by atoms with Crippen LogP contribution >= 0.6 is 24.0 Å². The van der Waals surface area contributed by atoms with Crippen molar-refractivity contribution >= 4 is 40.9 Å². The monoisotopic (exact) mass is 552 g/mol. The highest BCUT2D eigenvalue weighted by Gasteiger charge is 2.16. The summed E-state index contributed by atoms with van der Waals surface area (Å²) in [6.45, 7) is 7.14. The molecule has 2 unspecified atom stereocenters. The third kappa shape index (κ3) is 6.44. The van der Waals surface area contributed by atoms with Crippen molar-refractivity contribution in [3.05, 3.63) is 48.2 Å². The van der Waals surface area contributed by atoms with Gasteiger partial charge in [0, 0.05) is 31.5 Å². The highest BCUT2D eigenvalue weighted by molar-refractivity contribution is 14.0. The summed E-state index contributed by atoms with van der Waals surface area (Å²) in [5, 5.41) is 16.2. The fourth-order valence-electron chi connectivity index (χ4n) is 3.82. The second kappa shape index (κ2) is 12.2. The zero-order valence-corrected chi connectivity index (χ0v) is 21.1. The number of aliphatic imine (C=N–C) groups is 1. The van der Waals surface area contributed by atoms with Gasteiger partial charge in [-0.05, 0) is 38.3 Å². The Morgan fingerprint density at radius 3 is 2.97 bits per heavy atom. The summed E-state index contributed by atoms with van der Waals surface area (Å²) in [6, 6.07) is 10.1. The van der Waals surface area contributed by atoms with Gasteiger partial charge in [-0.2, -0.15) is 0 Å². The van der Waals surface area contributed by atoms with Crippen LogP contribution in [0, 0.1) is 0 Å². The Morgan fingerprint density at radius 2 is 2.19 bits per heavy atom. The molecule has 1 saturated heterocycles.